The van der Waals surface area contributed by atoms with Gasteiger partial charge >= 0.3 is 0 Å². The van der Waals surface area contributed by atoms with E-state index in [0.29, 0.717) is 16.8 Å². The average molecular weight is 253 g/mol. The Bertz CT molecular complexity index is 396. The van der Waals surface area contributed by atoms with Crippen LogP contribution in [-0.4, -0.2) is 33.0 Å². The van der Waals surface area contributed by atoms with Crippen LogP contribution in [0.25, 0.3) is 0 Å². The van der Waals surface area contributed by atoms with E-state index in [1.54, 1.807) is 0 Å². The SMILES string of the molecule is Cc1cc(C)nc(S(=O)CC2CCNCC2)n1. The van der Waals surface area contributed by atoms with Crippen LogP contribution in [0.3, 0.4) is 0 Å². The molecule has 2 heterocycles. The van der Waals surface area contributed by atoms with Gasteiger partial charge < -0.3 is 5.32 Å². The molecule has 1 fully saturated rings. The van der Waals surface area contributed by atoms with Gasteiger partial charge in [0.15, 0.2) is 0 Å². The zero-order chi connectivity index (χ0) is 12.3. The van der Waals surface area contributed by atoms with Crippen molar-refractivity contribution in [2.24, 2.45) is 5.92 Å². The Hall–Kier alpha value is -0.810. The van der Waals surface area contributed by atoms with Crippen molar-refractivity contribution in [3.8, 4) is 0 Å². The van der Waals surface area contributed by atoms with Crippen LogP contribution in [0.4, 0.5) is 0 Å². The van der Waals surface area contributed by atoms with Crippen LogP contribution in [0.5, 0.6) is 0 Å². The van der Waals surface area contributed by atoms with Crippen molar-refractivity contribution in [1.82, 2.24) is 15.3 Å². The molecule has 0 bridgehead atoms. The molecular formula is C12H19N3OS. The molecule has 1 aliphatic rings. The molecule has 2 rings (SSSR count). The molecule has 0 spiro atoms. The van der Waals surface area contributed by atoms with E-state index in [1.807, 2.05) is 19.9 Å². The molecule has 4 nitrogen and oxygen atoms in total. The van der Waals surface area contributed by atoms with Crippen molar-refractivity contribution in [3.63, 3.8) is 0 Å². The van der Waals surface area contributed by atoms with Crippen molar-refractivity contribution in [2.45, 2.75) is 31.8 Å². The maximum absolute atomic E-state index is 12.2. The van der Waals surface area contributed by atoms with E-state index in [0.717, 1.165) is 37.3 Å². The van der Waals surface area contributed by atoms with Crippen LogP contribution in [0.15, 0.2) is 11.2 Å². The minimum Gasteiger partial charge on any atom is -0.317 e. The van der Waals surface area contributed by atoms with Crippen LogP contribution in [0.1, 0.15) is 24.2 Å². The molecule has 1 aliphatic heterocycles. The highest BCUT2D eigenvalue weighted by Gasteiger charge is 2.18. The van der Waals surface area contributed by atoms with Gasteiger partial charge in [-0.25, -0.2) is 9.97 Å². The fraction of sp³-hybridized carbons (Fsp3) is 0.667. The van der Waals surface area contributed by atoms with Gasteiger partial charge in [0.25, 0.3) is 0 Å². The van der Waals surface area contributed by atoms with Crippen molar-refractivity contribution in [1.29, 1.82) is 0 Å². The Morgan fingerprint density at radius 2 is 1.88 bits per heavy atom. The van der Waals surface area contributed by atoms with Gasteiger partial charge in [-0.2, -0.15) is 0 Å². The van der Waals surface area contributed by atoms with E-state index >= 15 is 0 Å². The molecule has 17 heavy (non-hydrogen) atoms. The third-order valence-electron chi connectivity index (χ3n) is 3.01. The van der Waals surface area contributed by atoms with E-state index in [2.05, 4.69) is 15.3 Å². The molecular weight excluding hydrogens is 234 g/mol. The van der Waals surface area contributed by atoms with Gasteiger partial charge in [0, 0.05) is 17.1 Å². The van der Waals surface area contributed by atoms with Gasteiger partial charge in [0.2, 0.25) is 5.16 Å². The summed E-state index contributed by atoms with van der Waals surface area (Å²) in [6.45, 7) is 5.91. The summed E-state index contributed by atoms with van der Waals surface area (Å²) in [4.78, 5) is 8.55. The van der Waals surface area contributed by atoms with Crippen molar-refractivity contribution < 1.29 is 4.21 Å². The normalized spacial score (nSPS) is 19.2. The van der Waals surface area contributed by atoms with Gasteiger partial charge in [-0.15, -0.1) is 0 Å². The first-order valence-electron chi connectivity index (χ1n) is 6.06. The standard InChI is InChI=1S/C12H19N3OS/c1-9-7-10(2)15-12(14-9)17(16)8-11-3-5-13-6-4-11/h7,11,13H,3-6,8H2,1-2H3. The highest BCUT2D eigenvalue weighted by atomic mass is 32.2. The fourth-order valence-corrected chi connectivity index (χ4v) is 3.53. The number of hydrogen-bond donors (Lipinski definition) is 1. The highest BCUT2D eigenvalue weighted by molar-refractivity contribution is 7.84. The Labute approximate surface area is 105 Å². The third kappa shape index (κ3) is 3.57. The smallest absolute Gasteiger partial charge is 0.218 e. The Balaban J connectivity index is 2.03. The number of nitrogens with zero attached hydrogens (tertiary/aromatic N) is 2. The Kier molecular flexibility index (Phi) is 4.23. The second-order valence-corrected chi connectivity index (χ2v) is 6.03. The van der Waals surface area contributed by atoms with Gasteiger partial charge in [-0.3, -0.25) is 4.21 Å². The second-order valence-electron chi connectivity index (χ2n) is 4.64. The van der Waals surface area contributed by atoms with E-state index in [-0.39, 0.29) is 0 Å². The maximum atomic E-state index is 12.2. The predicted molar refractivity (Wildman–Crippen MR) is 68.4 cm³/mol. The summed E-state index contributed by atoms with van der Waals surface area (Å²) < 4.78 is 12.2. The molecule has 1 aromatic heterocycles. The first kappa shape index (κ1) is 12.6. The molecule has 94 valence electrons. The van der Waals surface area contributed by atoms with Gasteiger partial charge in [0.1, 0.15) is 0 Å². The number of piperidine rings is 1. The molecule has 0 radical (unpaired) electrons. The maximum Gasteiger partial charge on any atom is 0.218 e. The zero-order valence-electron chi connectivity index (χ0n) is 10.4. The first-order valence-corrected chi connectivity index (χ1v) is 7.38. The van der Waals surface area contributed by atoms with Gasteiger partial charge in [-0.05, 0) is 51.8 Å². The van der Waals surface area contributed by atoms with E-state index in [9.17, 15) is 4.21 Å². The van der Waals surface area contributed by atoms with Gasteiger partial charge in [-0.1, -0.05) is 0 Å². The minimum absolute atomic E-state index is 0.501. The number of aryl methyl sites for hydroxylation is 2. The molecule has 0 aromatic carbocycles. The van der Waals surface area contributed by atoms with Gasteiger partial charge in [0.05, 0.1) is 10.8 Å². The molecule has 0 saturated carbocycles. The largest absolute Gasteiger partial charge is 0.317 e. The monoisotopic (exact) mass is 253 g/mol. The summed E-state index contributed by atoms with van der Waals surface area (Å²) in [5.41, 5.74) is 1.79. The summed E-state index contributed by atoms with van der Waals surface area (Å²) >= 11 is 0. The molecule has 0 amide bonds. The molecule has 1 unspecified atom stereocenters. The summed E-state index contributed by atoms with van der Waals surface area (Å²) in [6.07, 6.45) is 2.22. The van der Waals surface area contributed by atoms with Crippen molar-refractivity contribution >= 4 is 10.8 Å². The molecule has 1 atom stereocenters. The lowest BCUT2D eigenvalue weighted by molar-refractivity contribution is 0.405. The molecule has 5 heteroatoms. The predicted octanol–water partition coefficient (Wildman–Crippen LogP) is 1.20. The summed E-state index contributed by atoms with van der Waals surface area (Å²) in [7, 11) is -1.05. The van der Waals surface area contributed by atoms with E-state index in [4.69, 9.17) is 0 Å². The second kappa shape index (κ2) is 5.69. The molecule has 0 aliphatic carbocycles. The van der Waals surface area contributed by atoms with Crippen LogP contribution in [0.2, 0.25) is 0 Å². The zero-order valence-corrected chi connectivity index (χ0v) is 11.2. The van der Waals surface area contributed by atoms with Crippen LogP contribution in [0, 0.1) is 19.8 Å². The Morgan fingerprint density at radius 1 is 1.29 bits per heavy atom. The lowest BCUT2D eigenvalue weighted by Crippen LogP contribution is -2.30. The third-order valence-corrected chi connectivity index (χ3v) is 4.38. The van der Waals surface area contributed by atoms with E-state index in [1.165, 1.54) is 0 Å². The summed E-state index contributed by atoms with van der Waals surface area (Å²) in [5, 5.41) is 3.82. The first-order chi connectivity index (χ1) is 8.15. The quantitative estimate of drug-likeness (QED) is 0.822. The average Bonchev–Trinajstić information content (AvgIpc) is 2.29. The number of hydrogen-bond acceptors (Lipinski definition) is 4. The minimum atomic E-state index is -1.05. The van der Waals surface area contributed by atoms with Crippen molar-refractivity contribution in [2.75, 3.05) is 18.8 Å². The van der Waals surface area contributed by atoms with Crippen LogP contribution >= 0.6 is 0 Å². The number of nitrogens with one attached hydrogen (secondary N) is 1. The molecule has 1 N–H and O–H groups in total. The molecule has 1 saturated heterocycles. The Morgan fingerprint density at radius 3 is 2.47 bits per heavy atom. The van der Waals surface area contributed by atoms with Crippen LogP contribution < -0.4 is 5.32 Å². The topological polar surface area (TPSA) is 54.9 Å². The summed E-state index contributed by atoms with van der Waals surface area (Å²) in [5.74, 6) is 1.24. The molecule has 1 aromatic rings. The number of rotatable bonds is 3. The van der Waals surface area contributed by atoms with Crippen LogP contribution in [-0.2, 0) is 10.8 Å². The van der Waals surface area contributed by atoms with E-state index < -0.39 is 10.8 Å². The highest BCUT2D eigenvalue weighted by Crippen LogP contribution is 2.15. The number of aromatic nitrogens is 2. The van der Waals surface area contributed by atoms with Crippen molar-refractivity contribution in [3.05, 3.63) is 17.5 Å². The lowest BCUT2D eigenvalue weighted by atomic mass is 10.0. The lowest BCUT2D eigenvalue weighted by Gasteiger charge is -2.21. The fourth-order valence-electron chi connectivity index (χ4n) is 2.13. The summed E-state index contributed by atoms with van der Waals surface area (Å²) in [6, 6.07) is 1.91.